The zero-order valence-corrected chi connectivity index (χ0v) is 15.9. The predicted octanol–water partition coefficient (Wildman–Crippen LogP) is 2.93. The van der Waals surface area contributed by atoms with Crippen LogP contribution in [0.5, 0.6) is 17.2 Å². The number of aromatic hydroxyl groups is 1. The molecule has 0 aliphatic carbocycles. The molecule has 1 amide bonds. The molecule has 0 radical (unpaired) electrons. The third kappa shape index (κ3) is 4.29. The Bertz CT molecular complexity index is 1080. The van der Waals surface area contributed by atoms with E-state index in [-0.39, 0.29) is 28.3 Å². The molecular weight excluding hydrogens is 405 g/mol. The van der Waals surface area contributed by atoms with Crippen molar-refractivity contribution in [1.29, 1.82) is 0 Å². The van der Waals surface area contributed by atoms with E-state index in [1.54, 1.807) is 12.1 Å². The molecule has 3 aromatic rings. The van der Waals surface area contributed by atoms with Gasteiger partial charge in [-0.25, -0.2) is 10.4 Å². The maximum Gasteiger partial charge on any atom is 0.449 e. The van der Waals surface area contributed by atoms with Crippen molar-refractivity contribution in [1.82, 2.24) is 15.0 Å². The molecular formula is C19H17F3N4O4. The summed E-state index contributed by atoms with van der Waals surface area (Å²) in [5.74, 6) is -1.90. The Balaban J connectivity index is 1.79. The number of rotatable bonds is 6. The second kappa shape index (κ2) is 8.31. The van der Waals surface area contributed by atoms with E-state index in [1.165, 1.54) is 44.7 Å². The number of alkyl halides is 3. The summed E-state index contributed by atoms with van der Waals surface area (Å²) in [6, 6.07) is 8.88. The number of fused-ring (bicyclic) bond motifs is 1. The molecule has 2 N–H and O–H groups in total. The summed E-state index contributed by atoms with van der Waals surface area (Å²) < 4.78 is 50.7. The Morgan fingerprint density at radius 1 is 1.23 bits per heavy atom. The summed E-state index contributed by atoms with van der Waals surface area (Å²) in [5.41, 5.74) is 2.90. The van der Waals surface area contributed by atoms with Crippen molar-refractivity contribution in [3.63, 3.8) is 0 Å². The number of hydrogen-bond donors (Lipinski definition) is 2. The molecule has 11 heteroatoms. The number of phenols is 1. The Hall–Kier alpha value is -3.76. The average molecular weight is 422 g/mol. The van der Waals surface area contributed by atoms with E-state index < -0.39 is 24.5 Å². The lowest BCUT2D eigenvalue weighted by Crippen LogP contribution is -2.26. The third-order valence-corrected chi connectivity index (χ3v) is 4.11. The van der Waals surface area contributed by atoms with Gasteiger partial charge in [-0.05, 0) is 24.3 Å². The number of nitrogens with zero attached hydrogens (tertiary/aromatic N) is 3. The van der Waals surface area contributed by atoms with Gasteiger partial charge in [-0.3, -0.25) is 4.79 Å². The molecule has 0 bridgehead atoms. The molecule has 8 nitrogen and oxygen atoms in total. The molecule has 0 saturated carbocycles. The minimum absolute atomic E-state index is 0.127. The topological polar surface area (TPSA) is 98.0 Å². The number of hydrazone groups is 1. The van der Waals surface area contributed by atoms with Crippen molar-refractivity contribution < 1.29 is 32.5 Å². The maximum atomic E-state index is 13.3. The highest BCUT2D eigenvalue weighted by Crippen LogP contribution is 2.36. The van der Waals surface area contributed by atoms with Gasteiger partial charge >= 0.3 is 6.18 Å². The van der Waals surface area contributed by atoms with Crippen LogP contribution in [0.1, 0.15) is 11.4 Å². The van der Waals surface area contributed by atoms with Gasteiger partial charge in [0.2, 0.25) is 11.6 Å². The van der Waals surface area contributed by atoms with Gasteiger partial charge in [-0.1, -0.05) is 12.1 Å². The van der Waals surface area contributed by atoms with Gasteiger partial charge in [0.25, 0.3) is 5.91 Å². The van der Waals surface area contributed by atoms with Crippen molar-refractivity contribution in [3.05, 3.63) is 47.8 Å². The lowest BCUT2D eigenvalue weighted by Gasteiger charge is -2.10. The van der Waals surface area contributed by atoms with Crippen molar-refractivity contribution >= 4 is 23.2 Å². The number of phenolic OH excluding ortho intramolecular Hbond substituents is 1. The first kappa shape index (κ1) is 21.0. The SMILES string of the molecule is COc1cc(C=NNC(=O)Cn2c(C(F)(F)F)nc3ccccc32)cc(OC)c1O. The van der Waals surface area contributed by atoms with Gasteiger partial charge in [-0.15, -0.1) is 0 Å². The number of amides is 1. The number of methoxy groups -OCH3 is 2. The van der Waals surface area contributed by atoms with Gasteiger partial charge in [0, 0.05) is 5.56 Å². The van der Waals surface area contributed by atoms with Crippen molar-refractivity contribution in [2.45, 2.75) is 12.7 Å². The molecule has 0 atom stereocenters. The summed E-state index contributed by atoms with van der Waals surface area (Å²) in [5, 5.41) is 13.6. The molecule has 0 aliphatic rings. The van der Waals surface area contributed by atoms with E-state index in [4.69, 9.17) is 9.47 Å². The van der Waals surface area contributed by atoms with Crippen molar-refractivity contribution in [3.8, 4) is 17.2 Å². The van der Waals surface area contributed by atoms with Gasteiger partial charge in [0.05, 0.1) is 31.5 Å². The number of para-hydroxylation sites is 2. The predicted molar refractivity (Wildman–Crippen MR) is 102 cm³/mol. The van der Waals surface area contributed by atoms with E-state index >= 15 is 0 Å². The fourth-order valence-corrected chi connectivity index (χ4v) is 2.80. The van der Waals surface area contributed by atoms with Gasteiger partial charge in [0.15, 0.2) is 11.5 Å². The molecule has 2 aromatic carbocycles. The lowest BCUT2D eigenvalue weighted by molar-refractivity contribution is -0.147. The first-order valence-corrected chi connectivity index (χ1v) is 8.54. The molecule has 1 aromatic heterocycles. The summed E-state index contributed by atoms with van der Waals surface area (Å²) in [7, 11) is 2.70. The van der Waals surface area contributed by atoms with Crippen LogP contribution in [0.3, 0.4) is 0 Å². The quantitative estimate of drug-likeness (QED) is 0.470. The fourth-order valence-electron chi connectivity index (χ4n) is 2.80. The van der Waals surface area contributed by atoms with Crippen LogP contribution in [0.15, 0.2) is 41.5 Å². The molecule has 0 saturated heterocycles. The zero-order valence-electron chi connectivity index (χ0n) is 15.9. The molecule has 0 unspecified atom stereocenters. The normalized spacial score (nSPS) is 11.8. The summed E-state index contributed by atoms with van der Waals surface area (Å²) >= 11 is 0. The highest BCUT2D eigenvalue weighted by atomic mass is 19.4. The van der Waals surface area contributed by atoms with Crippen molar-refractivity contribution in [2.24, 2.45) is 5.10 Å². The number of aromatic nitrogens is 2. The van der Waals surface area contributed by atoms with Crippen LogP contribution in [0, 0.1) is 0 Å². The third-order valence-electron chi connectivity index (χ3n) is 4.11. The molecule has 3 rings (SSSR count). The Morgan fingerprint density at radius 2 is 1.87 bits per heavy atom. The van der Waals surface area contributed by atoms with E-state index in [1.807, 2.05) is 0 Å². The van der Waals surface area contributed by atoms with Crippen LogP contribution in [0.4, 0.5) is 13.2 Å². The molecule has 0 aliphatic heterocycles. The standard InChI is InChI=1S/C19H17F3N4O4/c1-29-14-7-11(8-15(30-2)17(14)28)9-23-25-16(27)10-26-13-6-4-3-5-12(13)24-18(26)19(20,21)22/h3-9,28H,10H2,1-2H3,(H,25,27). The maximum absolute atomic E-state index is 13.3. The smallest absolute Gasteiger partial charge is 0.449 e. The van der Waals surface area contributed by atoms with Crippen LogP contribution < -0.4 is 14.9 Å². The first-order valence-electron chi connectivity index (χ1n) is 8.54. The van der Waals surface area contributed by atoms with Gasteiger partial charge in [-0.2, -0.15) is 18.3 Å². The number of imidazole rings is 1. The van der Waals surface area contributed by atoms with E-state index in [2.05, 4.69) is 15.5 Å². The molecule has 0 fully saturated rings. The molecule has 30 heavy (non-hydrogen) atoms. The van der Waals surface area contributed by atoms with Crippen LogP contribution >= 0.6 is 0 Å². The van der Waals surface area contributed by atoms with Crippen LogP contribution in [-0.4, -0.2) is 41.0 Å². The highest BCUT2D eigenvalue weighted by Gasteiger charge is 2.37. The second-order valence-electron chi connectivity index (χ2n) is 6.08. The van der Waals surface area contributed by atoms with Crippen molar-refractivity contribution in [2.75, 3.05) is 14.2 Å². The average Bonchev–Trinajstić information content (AvgIpc) is 3.08. The van der Waals surface area contributed by atoms with Crippen LogP contribution in [-0.2, 0) is 17.5 Å². The number of halogens is 3. The Labute approximate surface area is 168 Å². The van der Waals surface area contributed by atoms with E-state index in [9.17, 15) is 23.1 Å². The highest BCUT2D eigenvalue weighted by molar-refractivity contribution is 5.85. The van der Waals surface area contributed by atoms with Gasteiger partial charge < -0.3 is 19.1 Å². The van der Waals surface area contributed by atoms with Crippen LogP contribution in [0.2, 0.25) is 0 Å². The number of benzene rings is 2. The number of carbonyl (C=O) groups is 1. The monoisotopic (exact) mass is 422 g/mol. The number of nitrogens with one attached hydrogen (secondary N) is 1. The number of carbonyl (C=O) groups excluding carboxylic acids is 1. The molecule has 158 valence electrons. The number of hydrogen-bond acceptors (Lipinski definition) is 6. The Kier molecular flexibility index (Phi) is 5.81. The zero-order chi connectivity index (χ0) is 21.9. The molecule has 1 heterocycles. The minimum Gasteiger partial charge on any atom is -0.502 e. The summed E-state index contributed by atoms with van der Waals surface area (Å²) in [6.07, 6.45) is -3.49. The lowest BCUT2D eigenvalue weighted by atomic mass is 10.2. The van der Waals surface area contributed by atoms with Crippen LogP contribution in [0.25, 0.3) is 11.0 Å². The van der Waals surface area contributed by atoms with Gasteiger partial charge in [0.1, 0.15) is 6.54 Å². The van der Waals surface area contributed by atoms with E-state index in [0.29, 0.717) is 5.56 Å². The molecule has 0 spiro atoms. The minimum atomic E-state index is -4.72. The second-order valence-corrected chi connectivity index (χ2v) is 6.08. The first-order chi connectivity index (χ1) is 14.2. The fraction of sp³-hybridized carbons (Fsp3) is 0.211. The largest absolute Gasteiger partial charge is 0.502 e. The summed E-state index contributed by atoms with van der Waals surface area (Å²) in [6.45, 7) is -0.630. The van der Waals surface area contributed by atoms with E-state index in [0.717, 1.165) is 4.57 Å². The Morgan fingerprint density at radius 3 is 2.47 bits per heavy atom. The summed E-state index contributed by atoms with van der Waals surface area (Å²) in [4.78, 5) is 15.8. The number of ether oxygens (including phenoxy) is 2.